The number of carboxylic acids is 1. The van der Waals surface area contributed by atoms with Crippen LogP contribution in [-0.2, 0) is 21.4 Å². The Morgan fingerprint density at radius 2 is 1.90 bits per heavy atom. The normalized spacial score (nSPS) is 15.2. The minimum atomic E-state index is -3.65. The summed E-state index contributed by atoms with van der Waals surface area (Å²) in [4.78, 5) is 20.2. The highest BCUT2D eigenvalue weighted by molar-refractivity contribution is 7.93. The number of anilines is 1. The van der Waals surface area contributed by atoms with Crippen molar-refractivity contribution in [3.8, 4) is 5.75 Å². The molecule has 3 rings (SSSR count). The Labute approximate surface area is 170 Å². The van der Waals surface area contributed by atoms with Crippen molar-refractivity contribution in [2.45, 2.75) is 44.4 Å². The predicted molar refractivity (Wildman–Crippen MR) is 108 cm³/mol. The van der Waals surface area contributed by atoms with E-state index in [1.165, 1.54) is 16.6 Å². The van der Waals surface area contributed by atoms with E-state index in [9.17, 15) is 18.3 Å². The van der Waals surface area contributed by atoms with Gasteiger partial charge in [0.15, 0.2) is 0 Å². The van der Waals surface area contributed by atoms with Gasteiger partial charge in [-0.1, -0.05) is 26.0 Å². The molecule has 0 bridgehead atoms. The molecular weight excluding hydrogens is 394 g/mol. The molecule has 1 heterocycles. The summed E-state index contributed by atoms with van der Waals surface area (Å²) >= 11 is 0. The minimum Gasteiger partial charge on any atom is -0.497 e. The Morgan fingerprint density at radius 1 is 1.24 bits per heavy atom. The molecule has 1 saturated carbocycles. The maximum absolute atomic E-state index is 13.1. The van der Waals surface area contributed by atoms with E-state index in [0.717, 1.165) is 5.56 Å². The summed E-state index contributed by atoms with van der Waals surface area (Å²) in [5.41, 5.74) is 1.05. The Bertz CT molecular complexity index is 972. The van der Waals surface area contributed by atoms with Crippen LogP contribution in [0, 0.1) is 5.92 Å². The number of hydrogen-bond acceptors (Lipinski definition) is 6. The average molecular weight is 420 g/mol. The molecule has 8 nitrogen and oxygen atoms in total. The lowest BCUT2D eigenvalue weighted by molar-refractivity contribution is -0.140. The van der Waals surface area contributed by atoms with E-state index in [2.05, 4.69) is 9.97 Å². The molecule has 1 unspecified atom stereocenters. The van der Waals surface area contributed by atoms with Gasteiger partial charge < -0.3 is 9.84 Å². The molecule has 1 fully saturated rings. The Kier molecular flexibility index (Phi) is 6.07. The van der Waals surface area contributed by atoms with Crippen molar-refractivity contribution in [1.82, 2.24) is 9.97 Å². The molecule has 9 heteroatoms. The van der Waals surface area contributed by atoms with Crippen molar-refractivity contribution in [1.29, 1.82) is 0 Å². The Morgan fingerprint density at radius 3 is 2.41 bits per heavy atom. The summed E-state index contributed by atoms with van der Waals surface area (Å²) in [6.07, 6.45) is 2.62. The molecule has 1 N–H and O–H groups in total. The van der Waals surface area contributed by atoms with E-state index in [4.69, 9.17) is 4.74 Å². The van der Waals surface area contributed by atoms with Crippen LogP contribution in [0.1, 0.15) is 43.9 Å². The molecule has 0 spiro atoms. The number of rotatable bonds is 9. The van der Waals surface area contributed by atoms with Crippen LogP contribution in [0.3, 0.4) is 0 Å². The minimum absolute atomic E-state index is 0.00267. The van der Waals surface area contributed by atoms with Gasteiger partial charge in [-0.15, -0.1) is 0 Å². The van der Waals surface area contributed by atoms with Gasteiger partial charge in [0.1, 0.15) is 11.7 Å². The fourth-order valence-corrected chi connectivity index (χ4v) is 4.86. The lowest BCUT2D eigenvalue weighted by Gasteiger charge is -2.24. The van der Waals surface area contributed by atoms with Crippen LogP contribution >= 0.6 is 0 Å². The maximum Gasteiger partial charge on any atom is 0.312 e. The zero-order valence-corrected chi connectivity index (χ0v) is 17.5. The fraction of sp³-hybridized carbons (Fsp3) is 0.450. The number of benzene rings is 1. The van der Waals surface area contributed by atoms with E-state index in [1.54, 1.807) is 45.2 Å². The summed E-state index contributed by atoms with van der Waals surface area (Å²) in [6.45, 7) is 3.64. The summed E-state index contributed by atoms with van der Waals surface area (Å²) in [7, 11) is -2.09. The zero-order chi connectivity index (χ0) is 21.2. The standard InChI is InChI=1S/C20H25N3O5S/c1-13(2)18(19(24)25)17-10-11-21-20(22-17)23(29(26,27)16-8-9-16)12-14-4-6-15(28-3)7-5-14/h4-7,10-11,13,16,18H,8-9,12H2,1-3H3,(H,24,25). The number of aromatic nitrogens is 2. The Hall–Kier alpha value is -2.68. The first kappa shape index (κ1) is 21.0. The van der Waals surface area contributed by atoms with E-state index >= 15 is 0 Å². The van der Waals surface area contributed by atoms with E-state index in [1.807, 2.05) is 0 Å². The molecule has 1 aromatic heterocycles. The molecule has 29 heavy (non-hydrogen) atoms. The first-order chi connectivity index (χ1) is 13.7. The molecule has 0 amide bonds. The van der Waals surface area contributed by atoms with Crippen molar-refractivity contribution >= 4 is 21.9 Å². The number of ether oxygens (including phenoxy) is 1. The highest BCUT2D eigenvalue weighted by atomic mass is 32.2. The molecular formula is C20H25N3O5S. The largest absolute Gasteiger partial charge is 0.497 e. The van der Waals surface area contributed by atoms with Crippen molar-refractivity contribution in [3.05, 3.63) is 47.8 Å². The maximum atomic E-state index is 13.1. The quantitative estimate of drug-likeness (QED) is 0.665. The first-order valence-electron chi connectivity index (χ1n) is 9.44. The van der Waals surface area contributed by atoms with Gasteiger partial charge in [-0.3, -0.25) is 4.79 Å². The topological polar surface area (TPSA) is 110 Å². The second kappa shape index (κ2) is 8.36. The van der Waals surface area contributed by atoms with Crippen LogP contribution in [0.5, 0.6) is 5.75 Å². The van der Waals surface area contributed by atoms with Crippen molar-refractivity contribution in [2.24, 2.45) is 5.92 Å². The average Bonchev–Trinajstić information content (AvgIpc) is 3.52. The molecule has 1 aliphatic carbocycles. The highest BCUT2D eigenvalue weighted by Crippen LogP contribution is 2.34. The summed E-state index contributed by atoms with van der Waals surface area (Å²) in [5, 5.41) is 9.11. The molecule has 0 saturated heterocycles. The smallest absolute Gasteiger partial charge is 0.312 e. The van der Waals surface area contributed by atoms with Gasteiger partial charge >= 0.3 is 5.97 Å². The van der Waals surface area contributed by atoms with Gasteiger partial charge in [0.25, 0.3) is 0 Å². The predicted octanol–water partition coefficient (Wildman–Crippen LogP) is 2.81. The number of sulfonamides is 1. The van der Waals surface area contributed by atoms with Crippen LogP contribution in [0.15, 0.2) is 36.5 Å². The third-order valence-electron chi connectivity index (χ3n) is 4.88. The van der Waals surface area contributed by atoms with Crippen LogP contribution in [-0.4, -0.2) is 41.8 Å². The zero-order valence-electron chi connectivity index (χ0n) is 16.6. The number of aliphatic carboxylic acids is 1. The SMILES string of the molecule is COc1ccc(CN(c2nccc(C(C(=O)O)C(C)C)n2)S(=O)(=O)C2CC2)cc1. The monoisotopic (exact) mass is 419 g/mol. The lowest BCUT2D eigenvalue weighted by Crippen LogP contribution is -2.35. The number of nitrogens with zero attached hydrogens (tertiary/aromatic N) is 3. The van der Waals surface area contributed by atoms with Crippen LogP contribution in [0.25, 0.3) is 0 Å². The van der Waals surface area contributed by atoms with Crippen LogP contribution in [0.4, 0.5) is 5.95 Å². The highest BCUT2D eigenvalue weighted by Gasteiger charge is 2.41. The van der Waals surface area contributed by atoms with Crippen LogP contribution < -0.4 is 9.04 Å². The van der Waals surface area contributed by atoms with Gasteiger partial charge in [0.2, 0.25) is 16.0 Å². The van der Waals surface area contributed by atoms with Gasteiger partial charge in [-0.05, 0) is 42.5 Å². The number of methoxy groups -OCH3 is 1. The molecule has 0 aliphatic heterocycles. The van der Waals surface area contributed by atoms with Gasteiger partial charge in [0, 0.05) is 6.20 Å². The molecule has 2 aromatic rings. The van der Waals surface area contributed by atoms with Crippen molar-refractivity contribution in [3.63, 3.8) is 0 Å². The van der Waals surface area contributed by atoms with E-state index in [-0.39, 0.29) is 18.4 Å². The molecule has 1 atom stereocenters. The number of hydrogen-bond donors (Lipinski definition) is 1. The van der Waals surface area contributed by atoms with Crippen LogP contribution in [0.2, 0.25) is 0 Å². The molecule has 1 aliphatic rings. The fourth-order valence-electron chi connectivity index (χ4n) is 3.13. The first-order valence-corrected chi connectivity index (χ1v) is 10.9. The third-order valence-corrected chi connectivity index (χ3v) is 7.10. The third kappa shape index (κ3) is 4.67. The summed E-state index contributed by atoms with van der Waals surface area (Å²) in [6, 6.07) is 8.61. The second-order valence-electron chi connectivity index (χ2n) is 7.44. The van der Waals surface area contributed by atoms with Crippen molar-refractivity contribution < 1.29 is 23.1 Å². The number of carboxylic acid groups (broad SMARTS) is 1. The lowest BCUT2D eigenvalue weighted by atomic mass is 9.92. The molecule has 1 aromatic carbocycles. The summed E-state index contributed by atoms with van der Waals surface area (Å²) < 4.78 is 32.5. The van der Waals surface area contributed by atoms with Gasteiger partial charge in [-0.25, -0.2) is 22.7 Å². The van der Waals surface area contributed by atoms with E-state index < -0.39 is 27.2 Å². The second-order valence-corrected chi connectivity index (χ2v) is 9.58. The Balaban J connectivity index is 2.00. The molecule has 0 radical (unpaired) electrons. The van der Waals surface area contributed by atoms with Crippen molar-refractivity contribution in [2.75, 3.05) is 11.4 Å². The molecule has 156 valence electrons. The summed E-state index contributed by atoms with van der Waals surface area (Å²) in [5.74, 6) is -1.38. The van der Waals surface area contributed by atoms with Gasteiger partial charge in [-0.2, -0.15) is 0 Å². The van der Waals surface area contributed by atoms with Gasteiger partial charge in [0.05, 0.1) is 24.6 Å². The van der Waals surface area contributed by atoms with E-state index in [0.29, 0.717) is 24.3 Å². The number of carbonyl (C=O) groups is 1.